The van der Waals surface area contributed by atoms with Crippen molar-refractivity contribution in [2.45, 2.75) is 13.5 Å². The van der Waals surface area contributed by atoms with Gasteiger partial charge >= 0.3 is 0 Å². The Labute approximate surface area is 116 Å². The summed E-state index contributed by atoms with van der Waals surface area (Å²) >= 11 is 6.00. The molecule has 1 aromatic heterocycles. The first-order chi connectivity index (χ1) is 9.02. The highest BCUT2D eigenvalue weighted by molar-refractivity contribution is 6.33. The molecule has 0 unspecified atom stereocenters. The van der Waals surface area contributed by atoms with E-state index < -0.39 is 0 Å². The molecule has 6 heteroatoms. The Balaban J connectivity index is 2.21. The number of anilines is 1. The summed E-state index contributed by atoms with van der Waals surface area (Å²) < 4.78 is 20.1. The number of hydrogen-bond donors (Lipinski definition) is 1. The van der Waals surface area contributed by atoms with Crippen molar-refractivity contribution in [1.82, 2.24) is 9.78 Å². The van der Waals surface area contributed by atoms with E-state index in [2.05, 4.69) is 10.4 Å². The molecule has 2 rings (SSSR count). The number of rotatable bonds is 4. The number of hydrogen-bond acceptors (Lipinski definition) is 3. The molecular formula is C13H15ClFN3O. The topological polar surface area (TPSA) is 39.1 Å². The second kappa shape index (κ2) is 5.48. The van der Waals surface area contributed by atoms with E-state index in [1.807, 2.05) is 14.0 Å². The van der Waals surface area contributed by atoms with Gasteiger partial charge < -0.3 is 10.1 Å². The zero-order chi connectivity index (χ0) is 14.0. The normalized spacial score (nSPS) is 10.6. The molecule has 0 atom stereocenters. The van der Waals surface area contributed by atoms with Gasteiger partial charge in [-0.05, 0) is 25.1 Å². The largest absolute Gasteiger partial charge is 0.481 e. The molecule has 0 fully saturated rings. The maximum atomic E-state index is 13.2. The van der Waals surface area contributed by atoms with Crippen LogP contribution in [0.15, 0.2) is 18.2 Å². The first-order valence-corrected chi connectivity index (χ1v) is 6.16. The van der Waals surface area contributed by atoms with Crippen molar-refractivity contribution in [2.75, 3.05) is 12.4 Å². The van der Waals surface area contributed by atoms with Crippen LogP contribution in [-0.2, 0) is 13.6 Å². The first kappa shape index (κ1) is 13.7. The lowest BCUT2D eigenvalue weighted by atomic mass is 10.2. The average Bonchev–Trinajstić information content (AvgIpc) is 2.64. The lowest BCUT2D eigenvalue weighted by Crippen LogP contribution is -2.03. The number of aromatic nitrogens is 2. The van der Waals surface area contributed by atoms with Gasteiger partial charge in [-0.3, -0.25) is 0 Å². The standard InChI is InChI=1S/C13H15ClFN3O/c1-8-10(13(19-3)18(2)17-8)7-16-12-6-9(15)4-5-11(12)14/h4-6,16H,7H2,1-3H3. The summed E-state index contributed by atoms with van der Waals surface area (Å²) in [5, 5.41) is 7.85. The molecule has 102 valence electrons. The van der Waals surface area contributed by atoms with Crippen molar-refractivity contribution in [3.63, 3.8) is 0 Å². The van der Waals surface area contributed by atoms with E-state index in [-0.39, 0.29) is 5.82 Å². The maximum Gasteiger partial charge on any atom is 0.216 e. The number of halogens is 2. The zero-order valence-corrected chi connectivity index (χ0v) is 11.8. The van der Waals surface area contributed by atoms with Gasteiger partial charge in [-0.25, -0.2) is 9.07 Å². The molecule has 2 aromatic rings. The van der Waals surface area contributed by atoms with Crippen molar-refractivity contribution in [3.8, 4) is 5.88 Å². The molecule has 4 nitrogen and oxygen atoms in total. The van der Waals surface area contributed by atoms with E-state index in [1.54, 1.807) is 11.8 Å². The van der Waals surface area contributed by atoms with Crippen LogP contribution < -0.4 is 10.1 Å². The number of nitrogens with zero attached hydrogens (tertiary/aromatic N) is 2. The van der Waals surface area contributed by atoms with Crippen LogP contribution in [0.1, 0.15) is 11.3 Å². The second-order valence-electron chi connectivity index (χ2n) is 4.17. The van der Waals surface area contributed by atoms with Crippen molar-refractivity contribution in [3.05, 3.63) is 40.3 Å². The van der Waals surface area contributed by atoms with Gasteiger partial charge in [-0.2, -0.15) is 5.10 Å². The molecule has 0 bridgehead atoms. The molecule has 1 N–H and O–H groups in total. The zero-order valence-electron chi connectivity index (χ0n) is 11.0. The molecule has 19 heavy (non-hydrogen) atoms. The summed E-state index contributed by atoms with van der Waals surface area (Å²) in [5.41, 5.74) is 2.33. The highest BCUT2D eigenvalue weighted by Gasteiger charge is 2.14. The lowest BCUT2D eigenvalue weighted by molar-refractivity contribution is 0.370. The van der Waals surface area contributed by atoms with E-state index in [4.69, 9.17) is 16.3 Å². The van der Waals surface area contributed by atoms with Gasteiger partial charge in [-0.15, -0.1) is 0 Å². The minimum atomic E-state index is -0.332. The lowest BCUT2D eigenvalue weighted by Gasteiger charge is -2.09. The van der Waals surface area contributed by atoms with Gasteiger partial charge in [0.05, 0.1) is 29.1 Å². The third-order valence-corrected chi connectivity index (χ3v) is 3.20. The Morgan fingerprint density at radius 1 is 1.47 bits per heavy atom. The molecule has 1 heterocycles. The molecule has 0 aliphatic heterocycles. The predicted molar refractivity (Wildman–Crippen MR) is 73.2 cm³/mol. The third-order valence-electron chi connectivity index (χ3n) is 2.87. The molecule has 0 aliphatic rings. The Hall–Kier alpha value is -1.75. The van der Waals surface area contributed by atoms with E-state index in [9.17, 15) is 4.39 Å². The highest BCUT2D eigenvalue weighted by Crippen LogP contribution is 2.26. The van der Waals surface area contributed by atoms with E-state index >= 15 is 0 Å². The summed E-state index contributed by atoms with van der Waals surface area (Å²) in [6.07, 6.45) is 0. The van der Waals surface area contributed by atoms with Gasteiger partial charge in [-0.1, -0.05) is 11.6 Å². The van der Waals surface area contributed by atoms with Crippen molar-refractivity contribution >= 4 is 17.3 Å². The number of nitrogens with one attached hydrogen (secondary N) is 1. The third kappa shape index (κ3) is 2.81. The van der Waals surface area contributed by atoms with Crippen LogP contribution in [0.25, 0.3) is 0 Å². The van der Waals surface area contributed by atoms with Gasteiger partial charge in [0.1, 0.15) is 5.82 Å². The number of ether oxygens (including phenoxy) is 1. The summed E-state index contributed by atoms with van der Waals surface area (Å²) in [6, 6.07) is 4.20. The highest BCUT2D eigenvalue weighted by atomic mass is 35.5. The molecule has 1 aromatic carbocycles. The van der Waals surface area contributed by atoms with Crippen LogP contribution in [0.2, 0.25) is 5.02 Å². The molecule has 0 aliphatic carbocycles. The van der Waals surface area contributed by atoms with Crippen LogP contribution in [0.4, 0.5) is 10.1 Å². The Kier molecular flexibility index (Phi) is 3.95. The Morgan fingerprint density at radius 3 is 2.89 bits per heavy atom. The van der Waals surface area contributed by atoms with Crippen LogP contribution in [0.3, 0.4) is 0 Å². The van der Waals surface area contributed by atoms with Crippen molar-refractivity contribution in [1.29, 1.82) is 0 Å². The quantitative estimate of drug-likeness (QED) is 0.937. The molecule has 0 amide bonds. The monoisotopic (exact) mass is 283 g/mol. The van der Waals surface area contributed by atoms with Gasteiger partial charge in [0, 0.05) is 13.6 Å². The molecule has 0 spiro atoms. The minimum Gasteiger partial charge on any atom is -0.481 e. The van der Waals surface area contributed by atoms with Gasteiger partial charge in [0.15, 0.2) is 0 Å². The van der Waals surface area contributed by atoms with Crippen LogP contribution in [0, 0.1) is 12.7 Å². The van der Waals surface area contributed by atoms with Crippen molar-refractivity contribution < 1.29 is 9.13 Å². The molecule has 0 saturated heterocycles. The molecule has 0 saturated carbocycles. The summed E-state index contributed by atoms with van der Waals surface area (Å²) in [5.74, 6) is 0.347. The summed E-state index contributed by atoms with van der Waals surface area (Å²) in [6.45, 7) is 2.36. The Bertz CT molecular complexity index is 598. The van der Waals surface area contributed by atoms with E-state index in [1.165, 1.54) is 18.2 Å². The van der Waals surface area contributed by atoms with Crippen LogP contribution in [-0.4, -0.2) is 16.9 Å². The number of aryl methyl sites for hydroxylation is 2. The summed E-state index contributed by atoms with van der Waals surface area (Å²) in [4.78, 5) is 0. The molecule has 0 radical (unpaired) electrons. The second-order valence-corrected chi connectivity index (χ2v) is 4.58. The van der Waals surface area contributed by atoms with Crippen LogP contribution in [0.5, 0.6) is 5.88 Å². The number of methoxy groups -OCH3 is 1. The van der Waals surface area contributed by atoms with Crippen molar-refractivity contribution in [2.24, 2.45) is 7.05 Å². The first-order valence-electron chi connectivity index (χ1n) is 5.78. The fourth-order valence-electron chi connectivity index (χ4n) is 1.96. The Morgan fingerprint density at radius 2 is 2.21 bits per heavy atom. The number of benzene rings is 1. The van der Waals surface area contributed by atoms with E-state index in [0.717, 1.165) is 11.3 Å². The fraction of sp³-hybridized carbons (Fsp3) is 0.308. The summed E-state index contributed by atoms with van der Waals surface area (Å²) in [7, 11) is 3.40. The SMILES string of the molecule is COc1c(CNc2cc(F)ccc2Cl)c(C)nn1C. The van der Waals surface area contributed by atoms with Gasteiger partial charge in [0.25, 0.3) is 0 Å². The maximum absolute atomic E-state index is 13.2. The van der Waals surface area contributed by atoms with E-state index in [0.29, 0.717) is 23.1 Å². The average molecular weight is 284 g/mol. The minimum absolute atomic E-state index is 0.332. The fourth-order valence-corrected chi connectivity index (χ4v) is 2.14. The molecular weight excluding hydrogens is 269 g/mol. The predicted octanol–water partition coefficient (Wildman–Crippen LogP) is 3.14. The van der Waals surface area contributed by atoms with Crippen LogP contribution >= 0.6 is 11.6 Å². The van der Waals surface area contributed by atoms with Gasteiger partial charge in [0.2, 0.25) is 5.88 Å². The smallest absolute Gasteiger partial charge is 0.216 e.